The smallest absolute Gasteiger partial charge is 0.00954 e. The van der Waals surface area contributed by atoms with Crippen LogP contribution < -0.4 is 0 Å². The summed E-state index contributed by atoms with van der Waals surface area (Å²) in [5.41, 5.74) is 0. The summed E-state index contributed by atoms with van der Waals surface area (Å²) in [5.74, 6) is 0. The topological polar surface area (TPSA) is 3.24 Å². The van der Waals surface area contributed by atoms with Gasteiger partial charge in [0.05, 0.1) is 0 Å². The number of hydrogen-bond acceptors (Lipinski definition) is 1. The van der Waals surface area contributed by atoms with Crippen LogP contribution in [0.3, 0.4) is 0 Å². The van der Waals surface area contributed by atoms with E-state index < -0.39 is 0 Å². The fourth-order valence-electron chi connectivity index (χ4n) is 0.583. The minimum atomic E-state index is 0.621. The fourth-order valence-corrected chi connectivity index (χ4v) is 0.583. The van der Waals surface area contributed by atoms with E-state index in [0.717, 1.165) is 6.42 Å². The van der Waals surface area contributed by atoms with Gasteiger partial charge in [-0.15, -0.1) is 0 Å². The van der Waals surface area contributed by atoms with Crippen molar-refractivity contribution in [3.63, 3.8) is 0 Å². The third-order valence-electron chi connectivity index (χ3n) is 1.63. The number of hydrogen-bond donors (Lipinski definition) is 0. The van der Waals surface area contributed by atoms with Gasteiger partial charge in [0.1, 0.15) is 0 Å². The average Bonchev–Trinajstić information content (AvgIpc) is 1.88. The van der Waals surface area contributed by atoms with E-state index in [1.54, 1.807) is 0 Å². The van der Waals surface area contributed by atoms with Crippen molar-refractivity contribution in [1.29, 1.82) is 0 Å². The molecule has 0 heterocycles. The molecule has 0 amide bonds. The van der Waals surface area contributed by atoms with Crippen LogP contribution in [0.4, 0.5) is 0 Å². The maximum Gasteiger partial charge on any atom is 0.00954 e. The van der Waals surface area contributed by atoms with E-state index in [-0.39, 0.29) is 0 Å². The van der Waals surface area contributed by atoms with Crippen molar-refractivity contribution in [1.82, 2.24) is 4.90 Å². The van der Waals surface area contributed by atoms with Gasteiger partial charge in [-0.05, 0) is 27.4 Å². The van der Waals surface area contributed by atoms with Crippen LogP contribution in [0.2, 0.25) is 0 Å². The lowest BCUT2D eigenvalue weighted by Crippen LogP contribution is -2.23. The van der Waals surface area contributed by atoms with Crippen LogP contribution in [-0.4, -0.2) is 25.0 Å². The van der Waals surface area contributed by atoms with E-state index in [4.69, 9.17) is 0 Å². The monoisotopic (exact) mass is 139 g/mol. The molecule has 1 atom stereocenters. The van der Waals surface area contributed by atoms with E-state index in [1.807, 2.05) is 12.2 Å². The van der Waals surface area contributed by atoms with Gasteiger partial charge in [-0.1, -0.05) is 24.8 Å². The third-order valence-corrected chi connectivity index (χ3v) is 1.63. The van der Waals surface area contributed by atoms with Gasteiger partial charge < -0.3 is 4.90 Å². The highest BCUT2D eigenvalue weighted by molar-refractivity contribution is 4.98. The van der Waals surface area contributed by atoms with E-state index in [0.29, 0.717) is 6.04 Å². The predicted octanol–water partition coefficient (Wildman–Crippen LogP) is 2.07. The van der Waals surface area contributed by atoms with Crippen LogP contribution >= 0.6 is 0 Å². The van der Waals surface area contributed by atoms with Gasteiger partial charge in [-0.3, -0.25) is 0 Å². The Morgan fingerprint density at radius 1 is 1.50 bits per heavy atom. The van der Waals surface area contributed by atoms with Gasteiger partial charge in [0, 0.05) is 6.04 Å². The molecule has 0 fully saturated rings. The highest BCUT2D eigenvalue weighted by atomic mass is 15.1. The molecular formula is C9H17N. The second kappa shape index (κ2) is 5.24. The first-order chi connectivity index (χ1) is 4.68. The zero-order valence-electron chi connectivity index (χ0n) is 7.17. The van der Waals surface area contributed by atoms with Crippen LogP contribution in [0.1, 0.15) is 13.3 Å². The number of rotatable bonds is 4. The average molecular weight is 139 g/mol. The Labute approximate surface area is 64.0 Å². The maximum absolute atomic E-state index is 3.60. The molecule has 0 aliphatic heterocycles. The van der Waals surface area contributed by atoms with E-state index >= 15 is 0 Å². The van der Waals surface area contributed by atoms with E-state index in [9.17, 15) is 0 Å². The molecule has 0 unspecified atom stereocenters. The Morgan fingerprint density at radius 2 is 2.10 bits per heavy atom. The molecule has 0 aromatic carbocycles. The second-order valence-electron chi connectivity index (χ2n) is 2.71. The minimum Gasteiger partial charge on any atom is -0.306 e. The molecule has 58 valence electrons. The Kier molecular flexibility index (Phi) is 4.95. The van der Waals surface area contributed by atoms with Crippen molar-refractivity contribution in [3.05, 3.63) is 24.8 Å². The van der Waals surface area contributed by atoms with Gasteiger partial charge in [-0.25, -0.2) is 0 Å². The summed E-state index contributed by atoms with van der Waals surface area (Å²) in [6, 6.07) is 0.621. The molecule has 10 heavy (non-hydrogen) atoms. The Morgan fingerprint density at radius 3 is 2.50 bits per heavy atom. The number of allylic oxidation sites excluding steroid dienone is 2. The zero-order valence-corrected chi connectivity index (χ0v) is 7.17. The molecule has 0 aromatic rings. The first-order valence-corrected chi connectivity index (χ1v) is 3.62. The zero-order chi connectivity index (χ0) is 7.98. The molecule has 1 nitrogen and oxygen atoms in total. The Balaban J connectivity index is 3.48. The van der Waals surface area contributed by atoms with Crippen LogP contribution in [0.15, 0.2) is 24.8 Å². The Bertz CT molecular complexity index is 114. The lowest BCUT2D eigenvalue weighted by atomic mass is 10.2. The van der Waals surface area contributed by atoms with Crippen LogP contribution in [0, 0.1) is 0 Å². The summed E-state index contributed by atoms with van der Waals surface area (Å²) in [6.45, 7) is 5.80. The van der Waals surface area contributed by atoms with Gasteiger partial charge >= 0.3 is 0 Å². The predicted molar refractivity (Wildman–Crippen MR) is 47.1 cm³/mol. The van der Waals surface area contributed by atoms with E-state index in [2.05, 4.69) is 38.6 Å². The summed E-state index contributed by atoms with van der Waals surface area (Å²) in [4.78, 5) is 2.20. The van der Waals surface area contributed by atoms with Crippen LogP contribution in [0.25, 0.3) is 0 Å². The van der Waals surface area contributed by atoms with Crippen molar-refractivity contribution < 1.29 is 0 Å². The highest BCUT2D eigenvalue weighted by Crippen LogP contribution is 1.98. The molecule has 0 rings (SSSR count). The third kappa shape index (κ3) is 4.33. The molecule has 1 heteroatoms. The van der Waals surface area contributed by atoms with Gasteiger partial charge in [0.25, 0.3) is 0 Å². The largest absolute Gasteiger partial charge is 0.306 e. The molecule has 0 N–H and O–H groups in total. The highest BCUT2D eigenvalue weighted by Gasteiger charge is 1.99. The van der Waals surface area contributed by atoms with Gasteiger partial charge in [0.2, 0.25) is 0 Å². The summed E-state index contributed by atoms with van der Waals surface area (Å²) in [5, 5.41) is 0. The molecular weight excluding hydrogens is 122 g/mol. The first-order valence-electron chi connectivity index (χ1n) is 3.62. The molecule has 0 aliphatic carbocycles. The van der Waals surface area contributed by atoms with Crippen molar-refractivity contribution in [3.8, 4) is 0 Å². The fraction of sp³-hybridized carbons (Fsp3) is 0.556. The minimum absolute atomic E-state index is 0.621. The molecule has 0 aromatic heterocycles. The molecule has 0 bridgehead atoms. The van der Waals surface area contributed by atoms with Crippen molar-refractivity contribution >= 4 is 0 Å². The standard InChI is InChI=1S/C9H17N/c1-5-6-7-8-9(2)10(3)4/h5-7,9H,1,8H2,2-4H3/b7-6+/t9-/m1/s1. The van der Waals surface area contributed by atoms with Crippen molar-refractivity contribution in [2.45, 2.75) is 19.4 Å². The molecule has 0 radical (unpaired) electrons. The Hall–Kier alpha value is -0.560. The molecule has 0 saturated carbocycles. The van der Waals surface area contributed by atoms with Crippen molar-refractivity contribution in [2.24, 2.45) is 0 Å². The van der Waals surface area contributed by atoms with Gasteiger partial charge in [0.15, 0.2) is 0 Å². The normalized spacial score (nSPS) is 14.4. The molecule has 0 saturated heterocycles. The lowest BCUT2D eigenvalue weighted by Gasteiger charge is -2.17. The quantitative estimate of drug-likeness (QED) is 0.539. The molecule has 0 spiro atoms. The summed E-state index contributed by atoms with van der Waals surface area (Å²) >= 11 is 0. The summed E-state index contributed by atoms with van der Waals surface area (Å²) < 4.78 is 0. The van der Waals surface area contributed by atoms with Crippen LogP contribution in [0.5, 0.6) is 0 Å². The van der Waals surface area contributed by atoms with E-state index in [1.165, 1.54) is 0 Å². The first kappa shape index (κ1) is 9.44. The van der Waals surface area contributed by atoms with Gasteiger partial charge in [-0.2, -0.15) is 0 Å². The summed E-state index contributed by atoms with van der Waals surface area (Å²) in [6.07, 6.45) is 7.03. The lowest BCUT2D eigenvalue weighted by molar-refractivity contribution is 0.316. The SMILES string of the molecule is C=C/C=C/C[C@@H](C)N(C)C. The van der Waals surface area contributed by atoms with Crippen molar-refractivity contribution in [2.75, 3.05) is 14.1 Å². The number of nitrogens with zero attached hydrogens (tertiary/aromatic N) is 1. The molecule has 0 aliphatic rings. The van der Waals surface area contributed by atoms with Crippen LogP contribution in [-0.2, 0) is 0 Å². The summed E-state index contributed by atoms with van der Waals surface area (Å²) in [7, 11) is 4.18. The second-order valence-corrected chi connectivity index (χ2v) is 2.71. The maximum atomic E-state index is 3.60.